The number of hydrogen-bond donors (Lipinski definition) is 2. The lowest BCUT2D eigenvalue weighted by Gasteiger charge is -2.23. The van der Waals surface area contributed by atoms with Crippen LogP contribution in [0.15, 0.2) is 43.0 Å². The Labute approximate surface area is 159 Å². The largest absolute Gasteiger partial charge is 0.439 e. The van der Waals surface area contributed by atoms with Crippen LogP contribution in [0.5, 0.6) is 0 Å². The molecule has 5 rings (SSSR count). The van der Waals surface area contributed by atoms with Gasteiger partial charge in [0.15, 0.2) is 23.8 Å². The van der Waals surface area contributed by atoms with E-state index in [1.165, 1.54) is 12.7 Å². The zero-order chi connectivity index (χ0) is 19.3. The maximum absolute atomic E-state index is 12.6. The van der Waals surface area contributed by atoms with Gasteiger partial charge < -0.3 is 20.3 Å². The summed E-state index contributed by atoms with van der Waals surface area (Å²) in [6, 6.07) is 9.17. The number of hydrogen-bond acceptors (Lipinski definition) is 8. The van der Waals surface area contributed by atoms with E-state index in [-0.39, 0.29) is 12.4 Å². The molecule has 28 heavy (non-hydrogen) atoms. The van der Waals surface area contributed by atoms with Crippen LogP contribution in [0.3, 0.4) is 0 Å². The number of anilines is 1. The molecule has 10 nitrogen and oxygen atoms in total. The minimum absolute atomic E-state index is 0.247. The lowest BCUT2D eigenvalue weighted by molar-refractivity contribution is -0.0609. The first-order chi connectivity index (χ1) is 13.7. The van der Waals surface area contributed by atoms with Crippen LogP contribution in [0.1, 0.15) is 11.8 Å². The SMILES string of the molecule is Nc1ncnc2c1ncn2[C@@H]1O[C@H](CO)[C@H]2C1OC(=O)N2Cc1ccccc1. The fourth-order valence-corrected chi connectivity index (χ4v) is 3.91. The number of ether oxygens (including phenoxy) is 2. The maximum atomic E-state index is 12.6. The van der Waals surface area contributed by atoms with Gasteiger partial charge in [-0.1, -0.05) is 30.3 Å². The number of aliphatic hydroxyl groups is 1. The number of carbonyl (C=O) groups excluding carboxylic acids is 1. The molecule has 10 heteroatoms. The van der Waals surface area contributed by atoms with Gasteiger partial charge in [0, 0.05) is 6.54 Å². The molecule has 4 atom stereocenters. The van der Waals surface area contributed by atoms with Crippen molar-refractivity contribution in [3.05, 3.63) is 48.5 Å². The monoisotopic (exact) mass is 382 g/mol. The molecule has 2 fully saturated rings. The Bertz CT molecular complexity index is 1030. The first kappa shape index (κ1) is 16.9. The van der Waals surface area contributed by atoms with Crippen molar-refractivity contribution in [3.8, 4) is 0 Å². The van der Waals surface area contributed by atoms with Gasteiger partial charge in [-0.15, -0.1) is 0 Å². The number of nitrogen functional groups attached to an aromatic ring is 1. The van der Waals surface area contributed by atoms with Gasteiger partial charge in [0.05, 0.1) is 12.9 Å². The van der Waals surface area contributed by atoms with E-state index in [1.54, 1.807) is 9.47 Å². The normalized spacial score (nSPS) is 26.6. The standard InChI is InChI=1S/C18H18N6O4/c19-15-12-16(21-8-20-15)24(9-22-12)17-14-13(11(7-25)27-17)23(18(26)28-14)6-10-4-2-1-3-5-10/h1-5,8-9,11,13-14,17,25H,6-7H2,(H2,19,20,21)/t11-,13+,14?,17-/m1/s1. The van der Waals surface area contributed by atoms with E-state index in [0.29, 0.717) is 17.7 Å². The van der Waals surface area contributed by atoms with Crippen LogP contribution in [-0.2, 0) is 16.0 Å². The smallest absolute Gasteiger partial charge is 0.411 e. The molecule has 3 aromatic rings. The van der Waals surface area contributed by atoms with Crippen LogP contribution < -0.4 is 5.73 Å². The molecular weight excluding hydrogens is 364 g/mol. The highest BCUT2D eigenvalue weighted by molar-refractivity contribution is 5.81. The van der Waals surface area contributed by atoms with Crippen molar-refractivity contribution in [1.82, 2.24) is 24.4 Å². The molecule has 2 aliphatic rings. The van der Waals surface area contributed by atoms with Crippen LogP contribution in [0, 0.1) is 0 Å². The average Bonchev–Trinajstić information content (AvgIpc) is 3.37. The van der Waals surface area contributed by atoms with E-state index in [2.05, 4.69) is 15.0 Å². The molecular formula is C18H18N6O4. The van der Waals surface area contributed by atoms with Crippen molar-refractivity contribution in [2.24, 2.45) is 0 Å². The minimum atomic E-state index is -0.675. The number of amides is 1. The zero-order valence-electron chi connectivity index (χ0n) is 14.8. The number of rotatable bonds is 4. The minimum Gasteiger partial charge on any atom is -0.439 e. The second-order valence-corrected chi connectivity index (χ2v) is 6.78. The van der Waals surface area contributed by atoms with E-state index in [0.717, 1.165) is 5.56 Å². The number of fused-ring (bicyclic) bond motifs is 2. The Morgan fingerprint density at radius 3 is 2.79 bits per heavy atom. The molecule has 4 heterocycles. The molecule has 3 N–H and O–H groups in total. The van der Waals surface area contributed by atoms with Crippen molar-refractivity contribution >= 4 is 23.1 Å². The molecule has 144 valence electrons. The van der Waals surface area contributed by atoms with Crippen molar-refractivity contribution in [2.45, 2.75) is 31.0 Å². The van der Waals surface area contributed by atoms with Gasteiger partial charge in [-0.05, 0) is 5.56 Å². The first-order valence-corrected chi connectivity index (χ1v) is 8.88. The summed E-state index contributed by atoms with van der Waals surface area (Å²) < 4.78 is 13.4. The van der Waals surface area contributed by atoms with E-state index in [1.807, 2.05) is 30.3 Å². The summed E-state index contributed by atoms with van der Waals surface area (Å²) in [7, 11) is 0. The second kappa shape index (κ2) is 6.43. The van der Waals surface area contributed by atoms with E-state index in [4.69, 9.17) is 15.2 Å². The van der Waals surface area contributed by atoms with Gasteiger partial charge in [0.25, 0.3) is 0 Å². The number of carbonyl (C=O) groups is 1. The van der Waals surface area contributed by atoms with Crippen molar-refractivity contribution < 1.29 is 19.4 Å². The fourth-order valence-electron chi connectivity index (χ4n) is 3.91. The lowest BCUT2D eigenvalue weighted by Crippen LogP contribution is -2.42. The first-order valence-electron chi connectivity index (χ1n) is 8.88. The Kier molecular flexibility index (Phi) is 3.88. The molecule has 1 aromatic carbocycles. The topological polar surface area (TPSA) is 129 Å². The molecule has 0 saturated carbocycles. The lowest BCUT2D eigenvalue weighted by atomic mass is 10.1. The number of aliphatic hydroxyl groups excluding tert-OH is 1. The Morgan fingerprint density at radius 2 is 2.00 bits per heavy atom. The summed E-state index contributed by atoms with van der Waals surface area (Å²) in [6.07, 6.45) is 0.554. The van der Waals surface area contributed by atoms with E-state index < -0.39 is 30.6 Å². The summed E-state index contributed by atoms with van der Waals surface area (Å²) in [5.74, 6) is 0.256. The summed E-state index contributed by atoms with van der Waals surface area (Å²) in [5.41, 5.74) is 7.75. The van der Waals surface area contributed by atoms with Crippen LogP contribution in [-0.4, -0.2) is 60.5 Å². The summed E-state index contributed by atoms with van der Waals surface area (Å²) in [5, 5.41) is 9.87. The quantitative estimate of drug-likeness (QED) is 0.674. The zero-order valence-corrected chi connectivity index (χ0v) is 14.8. The summed E-state index contributed by atoms with van der Waals surface area (Å²) >= 11 is 0. The van der Waals surface area contributed by atoms with Crippen molar-refractivity contribution in [2.75, 3.05) is 12.3 Å². The highest BCUT2D eigenvalue weighted by Gasteiger charge is 2.57. The Balaban J connectivity index is 1.50. The predicted molar refractivity (Wildman–Crippen MR) is 96.8 cm³/mol. The van der Waals surface area contributed by atoms with Crippen LogP contribution in [0.4, 0.5) is 10.6 Å². The molecule has 0 radical (unpaired) electrons. The average molecular weight is 382 g/mol. The molecule has 0 spiro atoms. The van der Waals surface area contributed by atoms with Crippen molar-refractivity contribution in [3.63, 3.8) is 0 Å². The number of nitrogens with two attached hydrogens (primary N) is 1. The number of nitrogens with zero attached hydrogens (tertiary/aromatic N) is 5. The highest BCUT2D eigenvalue weighted by Crippen LogP contribution is 2.41. The van der Waals surface area contributed by atoms with Crippen LogP contribution >= 0.6 is 0 Å². The molecule has 1 amide bonds. The predicted octanol–water partition coefficient (Wildman–Crippen LogP) is 0.688. The third-order valence-electron chi connectivity index (χ3n) is 5.18. The third kappa shape index (κ3) is 2.49. The molecule has 0 bridgehead atoms. The molecule has 2 aliphatic heterocycles. The van der Waals surface area contributed by atoms with E-state index >= 15 is 0 Å². The maximum Gasteiger partial charge on any atom is 0.411 e. The molecule has 2 saturated heterocycles. The number of aromatic nitrogens is 4. The van der Waals surface area contributed by atoms with Gasteiger partial charge in [0.2, 0.25) is 0 Å². The van der Waals surface area contributed by atoms with Gasteiger partial charge in [-0.2, -0.15) is 0 Å². The summed E-state index contributed by atoms with van der Waals surface area (Å²) in [4.78, 5) is 26.6. The molecule has 2 aromatic heterocycles. The molecule has 1 unspecified atom stereocenters. The van der Waals surface area contributed by atoms with Gasteiger partial charge >= 0.3 is 6.09 Å². The Morgan fingerprint density at radius 1 is 1.18 bits per heavy atom. The van der Waals surface area contributed by atoms with Gasteiger partial charge in [-0.25, -0.2) is 19.7 Å². The number of imidazole rings is 1. The van der Waals surface area contributed by atoms with E-state index in [9.17, 15) is 9.90 Å². The van der Waals surface area contributed by atoms with Crippen LogP contribution in [0.25, 0.3) is 11.2 Å². The highest BCUT2D eigenvalue weighted by atomic mass is 16.6. The fraction of sp³-hybridized carbons (Fsp3) is 0.333. The van der Waals surface area contributed by atoms with Gasteiger partial charge in [-0.3, -0.25) is 9.47 Å². The number of benzene rings is 1. The Hall–Kier alpha value is -3.24. The molecule has 0 aliphatic carbocycles. The van der Waals surface area contributed by atoms with Crippen LogP contribution in [0.2, 0.25) is 0 Å². The second-order valence-electron chi connectivity index (χ2n) is 6.78. The van der Waals surface area contributed by atoms with Gasteiger partial charge in [0.1, 0.15) is 24.0 Å². The summed E-state index contributed by atoms with van der Waals surface area (Å²) in [6.45, 7) is 0.122. The van der Waals surface area contributed by atoms with Crippen molar-refractivity contribution in [1.29, 1.82) is 0 Å². The third-order valence-corrected chi connectivity index (χ3v) is 5.18.